The van der Waals surface area contributed by atoms with Gasteiger partial charge in [-0.15, -0.1) is 0 Å². The second-order valence-electron chi connectivity index (χ2n) is 6.15. The average Bonchev–Trinajstić information content (AvgIpc) is 2.97. The lowest BCUT2D eigenvalue weighted by atomic mass is 10.0. The van der Waals surface area contributed by atoms with Crippen molar-refractivity contribution in [1.82, 2.24) is 9.88 Å². The van der Waals surface area contributed by atoms with Crippen LogP contribution in [-0.2, 0) is 4.79 Å². The van der Waals surface area contributed by atoms with Gasteiger partial charge in [-0.25, -0.2) is 4.98 Å². The van der Waals surface area contributed by atoms with Crippen molar-refractivity contribution in [3.05, 3.63) is 23.9 Å². The summed E-state index contributed by atoms with van der Waals surface area (Å²) in [4.78, 5) is 20.8. The van der Waals surface area contributed by atoms with Crippen LogP contribution >= 0.6 is 0 Å². The number of carbonyl (C=O) groups excluding carboxylic acids is 1. The number of rotatable bonds is 3. The van der Waals surface area contributed by atoms with Gasteiger partial charge in [-0.3, -0.25) is 9.69 Å². The lowest BCUT2D eigenvalue weighted by molar-refractivity contribution is -0.123. The molecule has 0 aromatic carbocycles. The van der Waals surface area contributed by atoms with E-state index in [0.29, 0.717) is 6.04 Å². The van der Waals surface area contributed by atoms with E-state index >= 15 is 0 Å². The number of likely N-dealkylation sites (tertiary alicyclic amines) is 1. The summed E-state index contributed by atoms with van der Waals surface area (Å²) in [5.74, 6) is 0.914. The second-order valence-corrected chi connectivity index (χ2v) is 6.15. The molecular weight excluding hydrogens is 264 g/mol. The van der Waals surface area contributed by atoms with Gasteiger partial charge in [0.05, 0.1) is 6.04 Å². The lowest BCUT2D eigenvalue weighted by Crippen LogP contribution is -2.50. The van der Waals surface area contributed by atoms with Crippen molar-refractivity contribution in [3.8, 4) is 0 Å². The number of nitrogens with two attached hydrogens (primary N) is 1. The highest BCUT2D eigenvalue weighted by Crippen LogP contribution is 2.27. The molecule has 1 aromatic rings. The van der Waals surface area contributed by atoms with Crippen molar-refractivity contribution in [2.24, 2.45) is 5.73 Å². The number of aromatic nitrogens is 1. The third kappa shape index (κ3) is 3.02. The van der Waals surface area contributed by atoms with E-state index in [1.54, 1.807) is 0 Å². The molecule has 21 heavy (non-hydrogen) atoms. The Morgan fingerprint density at radius 3 is 2.67 bits per heavy atom. The van der Waals surface area contributed by atoms with Gasteiger partial charge in [0.2, 0.25) is 5.91 Å². The zero-order valence-electron chi connectivity index (χ0n) is 12.7. The van der Waals surface area contributed by atoms with E-state index in [9.17, 15) is 4.79 Å². The highest BCUT2D eigenvalue weighted by atomic mass is 16.1. The molecule has 0 saturated carbocycles. The van der Waals surface area contributed by atoms with Crippen LogP contribution in [0.2, 0.25) is 0 Å². The van der Waals surface area contributed by atoms with Crippen LogP contribution in [0.1, 0.15) is 31.4 Å². The number of nitrogens with zero attached hydrogens (tertiary/aromatic N) is 3. The van der Waals surface area contributed by atoms with Crippen LogP contribution in [0.5, 0.6) is 0 Å². The van der Waals surface area contributed by atoms with Gasteiger partial charge in [0.25, 0.3) is 0 Å². The second kappa shape index (κ2) is 6.02. The molecular formula is C16H24N4O. The van der Waals surface area contributed by atoms with Crippen LogP contribution < -0.4 is 10.6 Å². The molecule has 0 aliphatic carbocycles. The Labute approximate surface area is 126 Å². The maximum Gasteiger partial charge on any atom is 0.234 e. The van der Waals surface area contributed by atoms with Gasteiger partial charge >= 0.3 is 0 Å². The van der Waals surface area contributed by atoms with Crippen LogP contribution in [-0.4, -0.2) is 47.5 Å². The Morgan fingerprint density at radius 1 is 1.24 bits per heavy atom. The summed E-state index contributed by atoms with van der Waals surface area (Å²) in [5, 5.41) is 0. The minimum atomic E-state index is -0.157. The predicted octanol–water partition coefficient (Wildman–Crippen LogP) is 1.31. The number of hydrogen-bond acceptors (Lipinski definition) is 4. The van der Waals surface area contributed by atoms with Crippen molar-refractivity contribution < 1.29 is 4.79 Å². The Bertz CT molecular complexity index is 511. The molecule has 0 spiro atoms. The largest absolute Gasteiger partial charge is 0.368 e. The van der Waals surface area contributed by atoms with Crippen molar-refractivity contribution >= 4 is 11.7 Å². The van der Waals surface area contributed by atoms with Crippen LogP contribution in [0.15, 0.2) is 18.2 Å². The first-order valence-electron chi connectivity index (χ1n) is 7.89. The van der Waals surface area contributed by atoms with E-state index in [1.807, 2.05) is 13.0 Å². The van der Waals surface area contributed by atoms with Gasteiger partial charge in [0.1, 0.15) is 5.82 Å². The number of anilines is 1. The normalized spacial score (nSPS) is 24.4. The lowest BCUT2D eigenvalue weighted by Gasteiger charge is -2.39. The molecule has 1 amide bonds. The smallest absolute Gasteiger partial charge is 0.234 e. The van der Waals surface area contributed by atoms with Gasteiger partial charge in [0.15, 0.2) is 0 Å². The topological polar surface area (TPSA) is 62.5 Å². The van der Waals surface area contributed by atoms with Crippen LogP contribution in [0.25, 0.3) is 0 Å². The summed E-state index contributed by atoms with van der Waals surface area (Å²) in [6.45, 7) is 5.05. The molecule has 1 aromatic heterocycles. The minimum Gasteiger partial charge on any atom is -0.368 e. The Kier molecular flexibility index (Phi) is 4.10. The average molecular weight is 288 g/mol. The van der Waals surface area contributed by atoms with Gasteiger partial charge in [-0.05, 0) is 51.3 Å². The number of aryl methyl sites for hydroxylation is 1. The predicted molar refractivity (Wildman–Crippen MR) is 83.1 cm³/mol. The molecule has 1 atom stereocenters. The standard InChI is InChI=1S/C16H24N4O/c1-12-4-2-6-15(18-12)19-10-7-13(8-11-19)20-9-3-5-14(20)16(17)21/h2,4,6,13-14H,3,5,7-11H2,1H3,(H2,17,21)/t14-/m1/s1. The van der Waals surface area contributed by atoms with Gasteiger partial charge in [-0.1, -0.05) is 6.07 Å². The number of piperidine rings is 1. The van der Waals surface area contributed by atoms with Crippen molar-refractivity contribution in [2.45, 2.75) is 44.7 Å². The van der Waals surface area contributed by atoms with Crippen molar-refractivity contribution in [1.29, 1.82) is 0 Å². The van der Waals surface area contributed by atoms with Crippen LogP contribution in [0.4, 0.5) is 5.82 Å². The molecule has 5 heteroatoms. The molecule has 5 nitrogen and oxygen atoms in total. The van der Waals surface area contributed by atoms with Crippen molar-refractivity contribution in [3.63, 3.8) is 0 Å². The summed E-state index contributed by atoms with van der Waals surface area (Å²) >= 11 is 0. The Morgan fingerprint density at radius 2 is 2.00 bits per heavy atom. The van der Waals surface area contributed by atoms with Gasteiger partial charge < -0.3 is 10.6 Å². The number of amides is 1. The quantitative estimate of drug-likeness (QED) is 0.911. The van der Waals surface area contributed by atoms with Crippen LogP contribution in [0, 0.1) is 6.92 Å². The van der Waals surface area contributed by atoms with Gasteiger partial charge in [-0.2, -0.15) is 0 Å². The van der Waals surface area contributed by atoms with E-state index in [0.717, 1.165) is 56.8 Å². The SMILES string of the molecule is Cc1cccc(N2CCC(N3CCC[C@@H]3C(N)=O)CC2)n1. The van der Waals surface area contributed by atoms with E-state index in [2.05, 4.69) is 26.9 Å². The first-order valence-corrected chi connectivity index (χ1v) is 7.89. The maximum atomic E-state index is 11.5. The van der Waals surface area contributed by atoms with Gasteiger partial charge in [0, 0.05) is 24.8 Å². The number of primary amides is 1. The summed E-state index contributed by atoms with van der Waals surface area (Å²) in [6.07, 6.45) is 4.18. The van der Waals surface area contributed by atoms with E-state index < -0.39 is 0 Å². The molecule has 0 unspecified atom stereocenters. The number of hydrogen-bond donors (Lipinski definition) is 1. The first-order chi connectivity index (χ1) is 10.1. The number of pyridine rings is 1. The summed E-state index contributed by atoms with van der Waals surface area (Å²) in [6, 6.07) is 6.62. The fourth-order valence-corrected chi connectivity index (χ4v) is 3.66. The minimum absolute atomic E-state index is 0.0429. The third-order valence-electron chi connectivity index (χ3n) is 4.75. The summed E-state index contributed by atoms with van der Waals surface area (Å²) in [7, 11) is 0. The monoisotopic (exact) mass is 288 g/mol. The van der Waals surface area contributed by atoms with E-state index in [-0.39, 0.29) is 11.9 Å². The highest BCUT2D eigenvalue weighted by Gasteiger charge is 2.35. The molecule has 0 bridgehead atoms. The fraction of sp³-hybridized carbons (Fsp3) is 0.625. The summed E-state index contributed by atoms with van der Waals surface area (Å²) < 4.78 is 0. The molecule has 0 radical (unpaired) electrons. The zero-order valence-corrected chi connectivity index (χ0v) is 12.7. The Balaban J connectivity index is 1.61. The van der Waals surface area contributed by atoms with E-state index in [1.165, 1.54) is 0 Å². The molecule has 3 heterocycles. The molecule has 2 fully saturated rings. The summed E-state index contributed by atoms with van der Waals surface area (Å²) in [5.41, 5.74) is 6.59. The molecule has 2 saturated heterocycles. The van der Waals surface area contributed by atoms with Crippen molar-refractivity contribution in [2.75, 3.05) is 24.5 Å². The number of carbonyl (C=O) groups is 1. The Hall–Kier alpha value is -1.62. The molecule has 2 aliphatic rings. The molecule has 114 valence electrons. The third-order valence-corrected chi connectivity index (χ3v) is 4.75. The van der Waals surface area contributed by atoms with Crippen LogP contribution in [0.3, 0.4) is 0 Å². The first kappa shape index (κ1) is 14.3. The molecule has 3 rings (SSSR count). The molecule has 2 N–H and O–H groups in total. The van der Waals surface area contributed by atoms with E-state index in [4.69, 9.17) is 5.73 Å². The fourth-order valence-electron chi connectivity index (χ4n) is 3.66. The molecule has 2 aliphatic heterocycles. The highest BCUT2D eigenvalue weighted by molar-refractivity contribution is 5.80. The zero-order chi connectivity index (χ0) is 14.8. The maximum absolute atomic E-state index is 11.5.